The SMILES string of the molecule is O=C1CCCN1C[C@@H]1CCCCN1C(=O)Nc1cccc(F)c1. The van der Waals surface area contributed by atoms with Gasteiger partial charge in [-0.1, -0.05) is 6.07 Å². The largest absolute Gasteiger partial charge is 0.341 e. The van der Waals surface area contributed by atoms with E-state index >= 15 is 0 Å². The average molecular weight is 319 g/mol. The number of urea groups is 1. The van der Waals surface area contributed by atoms with Crippen molar-refractivity contribution in [1.82, 2.24) is 9.80 Å². The van der Waals surface area contributed by atoms with Crippen molar-refractivity contribution in [2.75, 3.05) is 25.0 Å². The van der Waals surface area contributed by atoms with Crippen LogP contribution in [0.1, 0.15) is 32.1 Å². The maximum Gasteiger partial charge on any atom is 0.322 e. The molecule has 23 heavy (non-hydrogen) atoms. The van der Waals surface area contributed by atoms with Crippen LogP contribution in [0.5, 0.6) is 0 Å². The second-order valence-electron chi connectivity index (χ2n) is 6.23. The van der Waals surface area contributed by atoms with E-state index in [1.807, 2.05) is 4.90 Å². The third-order valence-corrected chi connectivity index (χ3v) is 4.57. The van der Waals surface area contributed by atoms with Crippen molar-refractivity contribution < 1.29 is 14.0 Å². The van der Waals surface area contributed by atoms with Crippen LogP contribution in [0.25, 0.3) is 0 Å². The summed E-state index contributed by atoms with van der Waals surface area (Å²) >= 11 is 0. The lowest BCUT2D eigenvalue weighted by atomic mass is 10.0. The molecule has 0 aromatic heterocycles. The topological polar surface area (TPSA) is 52.7 Å². The van der Waals surface area contributed by atoms with E-state index in [1.165, 1.54) is 12.1 Å². The van der Waals surface area contributed by atoms with Crippen molar-refractivity contribution in [3.8, 4) is 0 Å². The number of carbonyl (C=O) groups is 2. The fraction of sp³-hybridized carbons (Fsp3) is 0.529. The number of hydrogen-bond donors (Lipinski definition) is 1. The third-order valence-electron chi connectivity index (χ3n) is 4.57. The molecule has 1 atom stereocenters. The number of carbonyl (C=O) groups excluding carboxylic acids is 2. The van der Waals surface area contributed by atoms with Gasteiger partial charge in [0, 0.05) is 31.7 Å². The zero-order chi connectivity index (χ0) is 16.2. The number of anilines is 1. The van der Waals surface area contributed by atoms with Crippen molar-refractivity contribution in [1.29, 1.82) is 0 Å². The Morgan fingerprint density at radius 3 is 2.87 bits per heavy atom. The number of benzene rings is 1. The zero-order valence-electron chi connectivity index (χ0n) is 13.1. The molecule has 2 aliphatic heterocycles. The number of nitrogens with zero attached hydrogens (tertiary/aromatic N) is 2. The lowest BCUT2D eigenvalue weighted by molar-refractivity contribution is -0.128. The van der Waals surface area contributed by atoms with E-state index in [0.717, 1.165) is 32.2 Å². The van der Waals surface area contributed by atoms with Crippen LogP contribution in [0.2, 0.25) is 0 Å². The summed E-state index contributed by atoms with van der Waals surface area (Å²) in [7, 11) is 0. The number of rotatable bonds is 3. The number of amides is 3. The standard InChI is InChI=1S/C17H22FN3O2/c18-13-5-3-6-14(11-13)19-17(23)21-10-2-1-7-15(21)12-20-9-4-8-16(20)22/h3,5-6,11,15H,1-2,4,7-10,12H2,(H,19,23)/t15-/m0/s1. The maximum atomic E-state index is 13.2. The van der Waals surface area contributed by atoms with E-state index in [4.69, 9.17) is 0 Å². The van der Waals surface area contributed by atoms with Crippen molar-refractivity contribution in [3.05, 3.63) is 30.1 Å². The third kappa shape index (κ3) is 3.81. The van der Waals surface area contributed by atoms with Gasteiger partial charge in [-0.3, -0.25) is 4.79 Å². The van der Waals surface area contributed by atoms with Gasteiger partial charge in [-0.15, -0.1) is 0 Å². The van der Waals surface area contributed by atoms with Crippen molar-refractivity contribution in [2.45, 2.75) is 38.1 Å². The molecule has 5 nitrogen and oxygen atoms in total. The highest BCUT2D eigenvalue weighted by Crippen LogP contribution is 2.22. The first-order chi connectivity index (χ1) is 11.1. The molecule has 1 aromatic rings. The Bertz CT molecular complexity index is 593. The molecule has 0 spiro atoms. The number of likely N-dealkylation sites (tertiary alicyclic amines) is 2. The summed E-state index contributed by atoms with van der Waals surface area (Å²) in [4.78, 5) is 28.0. The minimum atomic E-state index is -0.374. The lowest BCUT2D eigenvalue weighted by Crippen LogP contribution is -2.51. The van der Waals surface area contributed by atoms with Crippen LogP contribution in [-0.2, 0) is 4.79 Å². The Labute approximate surface area is 135 Å². The van der Waals surface area contributed by atoms with Gasteiger partial charge in [0.2, 0.25) is 5.91 Å². The molecule has 0 saturated carbocycles. The molecule has 124 valence electrons. The molecule has 1 N–H and O–H groups in total. The molecule has 3 rings (SSSR count). The highest BCUT2D eigenvalue weighted by Gasteiger charge is 2.31. The Morgan fingerprint density at radius 2 is 2.13 bits per heavy atom. The Morgan fingerprint density at radius 1 is 1.26 bits per heavy atom. The van der Waals surface area contributed by atoms with Crippen molar-refractivity contribution in [2.24, 2.45) is 0 Å². The van der Waals surface area contributed by atoms with E-state index in [-0.39, 0.29) is 23.8 Å². The minimum Gasteiger partial charge on any atom is -0.341 e. The highest BCUT2D eigenvalue weighted by atomic mass is 19.1. The molecular weight excluding hydrogens is 297 g/mol. The van der Waals surface area contributed by atoms with Crippen LogP contribution in [-0.4, -0.2) is 47.4 Å². The van der Waals surface area contributed by atoms with E-state index in [2.05, 4.69) is 5.32 Å². The zero-order valence-corrected chi connectivity index (χ0v) is 13.1. The molecule has 2 heterocycles. The van der Waals surface area contributed by atoms with Crippen LogP contribution < -0.4 is 5.32 Å². The van der Waals surface area contributed by atoms with Gasteiger partial charge >= 0.3 is 6.03 Å². The second kappa shape index (κ2) is 6.98. The summed E-state index contributed by atoms with van der Waals surface area (Å²) in [5, 5.41) is 2.76. The fourth-order valence-electron chi connectivity index (χ4n) is 3.37. The van der Waals surface area contributed by atoms with Gasteiger partial charge in [0.1, 0.15) is 5.82 Å². The van der Waals surface area contributed by atoms with Crippen molar-refractivity contribution >= 4 is 17.6 Å². The van der Waals surface area contributed by atoms with E-state index in [0.29, 0.717) is 25.2 Å². The number of hydrogen-bond acceptors (Lipinski definition) is 2. The van der Waals surface area contributed by atoms with Gasteiger partial charge in [-0.05, 0) is 43.9 Å². The van der Waals surface area contributed by atoms with E-state index in [1.54, 1.807) is 17.0 Å². The molecule has 0 bridgehead atoms. The molecule has 0 aliphatic carbocycles. The summed E-state index contributed by atoms with van der Waals surface area (Å²) in [5.41, 5.74) is 0.455. The Kier molecular flexibility index (Phi) is 4.79. The normalized spacial score (nSPS) is 21.6. The minimum absolute atomic E-state index is 0.0411. The van der Waals surface area contributed by atoms with Crippen LogP contribution in [0.15, 0.2) is 24.3 Å². The van der Waals surface area contributed by atoms with Gasteiger partial charge < -0.3 is 15.1 Å². The summed E-state index contributed by atoms with van der Waals surface area (Å²) in [6, 6.07) is 5.72. The molecule has 1 aromatic carbocycles. The Hall–Kier alpha value is -2.11. The van der Waals surface area contributed by atoms with E-state index < -0.39 is 0 Å². The van der Waals surface area contributed by atoms with Gasteiger partial charge in [-0.25, -0.2) is 9.18 Å². The van der Waals surface area contributed by atoms with Gasteiger partial charge in [0.15, 0.2) is 0 Å². The molecule has 6 heteroatoms. The molecule has 2 saturated heterocycles. The van der Waals surface area contributed by atoms with Gasteiger partial charge in [0.05, 0.1) is 6.04 Å². The predicted octanol–water partition coefficient (Wildman–Crippen LogP) is 2.83. The smallest absolute Gasteiger partial charge is 0.322 e. The molecule has 2 aliphatic rings. The summed E-state index contributed by atoms with van der Waals surface area (Å²) in [5.74, 6) is -0.193. The van der Waals surface area contributed by atoms with Crippen LogP contribution in [0.3, 0.4) is 0 Å². The summed E-state index contributed by atoms with van der Waals surface area (Å²) in [6.07, 6.45) is 4.45. The first-order valence-corrected chi connectivity index (χ1v) is 8.24. The molecule has 0 radical (unpaired) electrons. The van der Waals surface area contributed by atoms with E-state index in [9.17, 15) is 14.0 Å². The lowest BCUT2D eigenvalue weighted by Gasteiger charge is -2.37. The average Bonchev–Trinajstić information content (AvgIpc) is 2.93. The first kappa shape index (κ1) is 15.8. The van der Waals surface area contributed by atoms with Gasteiger partial charge in [-0.2, -0.15) is 0 Å². The molecular formula is C17H22FN3O2. The first-order valence-electron chi connectivity index (χ1n) is 8.24. The molecule has 2 fully saturated rings. The maximum absolute atomic E-state index is 13.2. The molecule has 0 unspecified atom stereocenters. The van der Waals surface area contributed by atoms with Crippen LogP contribution in [0, 0.1) is 5.82 Å². The van der Waals surface area contributed by atoms with Crippen LogP contribution >= 0.6 is 0 Å². The van der Waals surface area contributed by atoms with Crippen molar-refractivity contribution in [3.63, 3.8) is 0 Å². The summed E-state index contributed by atoms with van der Waals surface area (Å²) < 4.78 is 13.2. The number of halogens is 1. The summed E-state index contributed by atoms with van der Waals surface area (Å²) in [6.45, 7) is 2.07. The monoisotopic (exact) mass is 319 g/mol. The second-order valence-corrected chi connectivity index (χ2v) is 6.23. The molecule has 3 amide bonds. The van der Waals surface area contributed by atoms with Gasteiger partial charge in [0.25, 0.3) is 0 Å². The number of piperidine rings is 1. The van der Waals surface area contributed by atoms with Crippen LogP contribution in [0.4, 0.5) is 14.9 Å². The predicted molar refractivity (Wildman–Crippen MR) is 85.6 cm³/mol. The Balaban J connectivity index is 1.65. The fourth-order valence-corrected chi connectivity index (χ4v) is 3.37. The number of nitrogens with one attached hydrogen (secondary N) is 1. The highest BCUT2D eigenvalue weighted by molar-refractivity contribution is 5.89. The quantitative estimate of drug-likeness (QED) is 0.931.